The van der Waals surface area contributed by atoms with E-state index in [9.17, 15) is 0 Å². The highest BCUT2D eigenvalue weighted by atomic mass is 79.9. The Labute approximate surface area is 127 Å². The maximum atomic E-state index is 4.43. The van der Waals surface area contributed by atoms with E-state index in [1.54, 1.807) is 0 Å². The molecule has 5 heteroatoms. The predicted molar refractivity (Wildman–Crippen MR) is 84.7 cm³/mol. The van der Waals surface area contributed by atoms with Crippen molar-refractivity contribution in [2.45, 2.75) is 32.7 Å². The molecule has 19 heavy (non-hydrogen) atoms. The Morgan fingerprint density at radius 3 is 2.84 bits per heavy atom. The number of thiophene rings is 1. The summed E-state index contributed by atoms with van der Waals surface area (Å²) in [6.07, 6.45) is 5.93. The van der Waals surface area contributed by atoms with Gasteiger partial charge in [0.25, 0.3) is 0 Å². The van der Waals surface area contributed by atoms with E-state index < -0.39 is 0 Å². The lowest BCUT2D eigenvalue weighted by molar-refractivity contribution is 0.518. The van der Waals surface area contributed by atoms with Gasteiger partial charge in [-0.05, 0) is 47.4 Å². The lowest BCUT2D eigenvalue weighted by Crippen LogP contribution is -2.24. The number of hydrogen-bond donors (Lipinski definition) is 1. The molecule has 0 saturated carbocycles. The highest BCUT2D eigenvalue weighted by Gasteiger charge is 2.17. The zero-order chi connectivity index (χ0) is 13.8. The van der Waals surface area contributed by atoms with Crippen molar-refractivity contribution in [2.24, 2.45) is 7.05 Å². The van der Waals surface area contributed by atoms with Gasteiger partial charge in [0.2, 0.25) is 0 Å². The molecule has 1 N–H and O–H groups in total. The molecular weight excluding hydrogens is 322 g/mol. The summed E-state index contributed by atoms with van der Waals surface area (Å²) in [6, 6.07) is 2.61. The first-order valence-electron chi connectivity index (χ1n) is 6.57. The highest BCUT2D eigenvalue weighted by molar-refractivity contribution is 9.11. The van der Waals surface area contributed by atoms with Gasteiger partial charge in [0.15, 0.2) is 0 Å². The van der Waals surface area contributed by atoms with Crippen LogP contribution in [0.4, 0.5) is 0 Å². The first-order valence-corrected chi connectivity index (χ1v) is 8.18. The normalized spacial score (nSPS) is 12.8. The van der Waals surface area contributed by atoms with Gasteiger partial charge in [-0.3, -0.25) is 0 Å². The Balaban J connectivity index is 2.18. The van der Waals surface area contributed by atoms with Gasteiger partial charge in [-0.25, -0.2) is 4.98 Å². The minimum atomic E-state index is 0.344. The zero-order valence-electron chi connectivity index (χ0n) is 11.6. The summed E-state index contributed by atoms with van der Waals surface area (Å²) in [6.45, 7) is 5.37. The van der Waals surface area contributed by atoms with Crippen LogP contribution in [0.25, 0.3) is 0 Å². The van der Waals surface area contributed by atoms with Crippen LogP contribution in [0.15, 0.2) is 22.2 Å². The van der Waals surface area contributed by atoms with Gasteiger partial charge in [-0.2, -0.15) is 0 Å². The van der Waals surface area contributed by atoms with Crippen molar-refractivity contribution in [3.05, 3.63) is 38.5 Å². The lowest BCUT2D eigenvalue weighted by Gasteiger charge is -2.17. The summed E-state index contributed by atoms with van der Waals surface area (Å²) >= 11 is 5.43. The van der Waals surface area contributed by atoms with E-state index in [4.69, 9.17) is 0 Å². The van der Waals surface area contributed by atoms with Gasteiger partial charge in [0, 0.05) is 36.8 Å². The van der Waals surface area contributed by atoms with Gasteiger partial charge in [-0.15, -0.1) is 11.3 Å². The second-order valence-electron chi connectivity index (χ2n) is 4.77. The molecule has 0 fully saturated rings. The van der Waals surface area contributed by atoms with Gasteiger partial charge in [0.1, 0.15) is 5.82 Å². The molecule has 0 bridgehead atoms. The number of aromatic nitrogens is 2. The Kier molecular flexibility index (Phi) is 5.19. The van der Waals surface area contributed by atoms with E-state index in [2.05, 4.69) is 57.8 Å². The summed E-state index contributed by atoms with van der Waals surface area (Å²) in [5.41, 5.74) is 1.31. The molecule has 0 aliphatic heterocycles. The van der Waals surface area contributed by atoms with Crippen molar-refractivity contribution >= 4 is 27.3 Å². The third-order valence-corrected chi connectivity index (χ3v) is 5.42. The maximum absolute atomic E-state index is 4.43. The average molecular weight is 342 g/mol. The number of nitrogens with zero attached hydrogens (tertiary/aromatic N) is 2. The number of aryl methyl sites for hydroxylation is 2. The van der Waals surface area contributed by atoms with E-state index in [1.807, 2.05) is 23.7 Å². The topological polar surface area (TPSA) is 29.9 Å². The number of imidazole rings is 1. The van der Waals surface area contributed by atoms with E-state index in [1.165, 1.54) is 14.2 Å². The fourth-order valence-electron chi connectivity index (χ4n) is 2.02. The molecule has 104 valence electrons. The Hall–Kier alpha value is -0.650. The average Bonchev–Trinajstić information content (AvgIpc) is 2.92. The van der Waals surface area contributed by atoms with E-state index in [0.717, 1.165) is 25.2 Å². The summed E-state index contributed by atoms with van der Waals surface area (Å²) in [4.78, 5) is 5.81. The molecule has 0 saturated heterocycles. The van der Waals surface area contributed by atoms with Crippen molar-refractivity contribution < 1.29 is 0 Å². The van der Waals surface area contributed by atoms with Crippen molar-refractivity contribution in [1.29, 1.82) is 0 Å². The molecule has 2 aromatic rings. The second-order valence-corrected chi connectivity index (χ2v) is 7.17. The van der Waals surface area contributed by atoms with E-state index >= 15 is 0 Å². The smallest absolute Gasteiger partial charge is 0.110 e. The van der Waals surface area contributed by atoms with Crippen LogP contribution in [-0.2, 0) is 13.5 Å². The minimum absolute atomic E-state index is 0.344. The minimum Gasteiger partial charge on any atom is -0.338 e. The largest absolute Gasteiger partial charge is 0.338 e. The van der Waals surface area contributed by atoms with Crippen LogP contribution in [0.5, 0.6) is 0 Å². The Morgan fingerprint density at radius 2 is 2.32 bits per heavy atom. The number of hydrogen-bond acceptors (Lipinski definition) is 3. The van der Waals surface area contributed by atoms with Crippen LogP contribution in [0, 0.1) is 6.92 Å². The molecule has 2 aromatic heterocycles. The molecule has 0 aliphatic rings. The Morgan fingerprint density at radius 1 is 1.53 bits per heavy atom. The highest BCUT2D eigenvalue weighted by Crippen LogP contribution is 2.32. The molecule has 1 atom stereocenters. The quantitative estimate of drug-likeness (QED) is 0.865. The molecule has 0 amide bonds. The third kappa shape index (κ3) is 3.68. The van der Waals surface area contributed by atoms with E-state index in [0.29, 0.717) is 6.04 Å². The number of halogens is 1. The molecule has 0 aromatic carbocycles. The summed E-state index contributed by atoms with van der Waals surface area (Å²) in [7, 11) is 2.05. The van der Waals surface area contributed by atoms with Gasteiger partial charge < -0.3 is 9.88 Å². The van der Waals surface area contributed by atoms with Crippen molar-refractivity contribution in [1.82, 2.24) is 14.9 Å². The maximum Gasteiger partial charge on any atom is 0.110 e. The molecular formula is C14H20BrN3S. The fourth-order valence-corrected chi connectivity index (χ4v) is 3.67. The van der Waals surface area contributed by atoms with Gasteiger partial charge >= 0.3 is 0 Å². The summed E-state index contributed by atoms with van der Waals surface area (Å²) in [5, 5.41) is 3.63. The molecule has 0 aliphatic carbocycles. The van der Waals surface area contributed by atoms with Gasteiger partial charge in [0.05, 0.1) is 3.79 Å². The lowest BCUT2D eigenvalue weighted by atomic mass is 10.1. The first-order chi connectivity index (χ1) is 9.11. The van der Waals surface area contributed by atoms with Gasteiger partial charge in [-0.1, -0.05) is 6.92 Å². The standard InChI is InChI=1S/C14H20BrN3S/c1-4-5-16-11(9-13-17-6-7-18(13)3)12-8-10(2)14(15)19-12/h6-8,11,16H,4-5,9H2,1-3H3. The molecule has 0 radical (unpaired) electrons. The third-order valence-electron chi connectivity index (χ3n) is 3.17. The van der Waals surface area contributed by atoms with E-state index in [-0.39, 0.29) is 0 Å². The molecule has 3 nitrogen and oxygen atoms in total. The molecule has 1 unspecified atom stereocenters. The van der Waals surface area contributed by atoms with Crippen LogP contribution < -0.4 is 5.32 Å². The Bertz CT molecular complexity index is 513. The summed E-state index contributed by atoms with van der Waals surface area (Å²) < 4.78 is 3.32. The van der Waals surface area contributed by atoms with Crippen LogP contribution in [0.3, 0.4) is 0 Å². The number of rotatable bonds is 6. The monoisotopic (exact) mass is 341 g/mol. The SMILES string of the molecule is CCCNC(Cc1nccn1C)c1cc(C)c(Br)s1. The van der Waals surface area contributed by atoms with Crippen LogP contribution in [0.2, 0.25) is 0 Å². The second kappa shape index (κ2) is 6.68. The van der Waals surface area contributed by atoms with Crippen molar-refractivity contribution in [3.63, 3.8) is 0 Å². The molecule has 2 rings (SSSR count). The number of nitrogens with one attached hydrogen (secondary N) is 1. The molecule has 2 heterocycles. The van der Waals surface area contributed by atoms with Crippen LogP contribution >= 0.6 is 27.3 Å². The molecule has 0 spiro atoms. The van der Waals surface area contributed by atoms with Crippen molar-refractivity contribution in [2.75, 3.05) is 6.54 Å². The fraction of sp³-hybridized carbons (Fsp3) is 0.500. The van der Waals surface area contributed by atoms with Crippen LogP contribution in [-0.4, -0.2) is 16.1 Å². The van der Waals surface area contributed by atoms with Crippen molar-refractivity contribution in [3.8, 4) is 0 Å². The predicted octanol–water partition coefficient (Wildman–Crippen LogP) is 3.84. The zero-order valence-corrected chi connectivity index (χ0v) is 14.0. The first kappa shape index (κ1) is 14.8. The van der Waals surface area contributed by atoms with Crippen LogP contribution in [0.1, 0.15) is 35.7 Å². The summed E-state index contributed by atoms with van der Waals surface area (Å²) in [5.74, 6) is 1.12.